The molecule has 0 saturated carbocycles. The summed E-state index contributed by atoms with van der Waals surface area (Å²) in [5.74, 6) is 0.248. The zero-order valence-electron chi connectivity index (χ0n) is 23.1. The van der Waals surface area contributed by atoms with E-state index in [1.807, 2.05) is 31.1 Å². The zero-order chi connectivity index (χ0) is 28.8. The van der Waals surface area contributed by atoms with Crippen molar-refractivity contribution in [2.45, 2.75) is 18.8 Å². The number of methoxy groups -OCH3 is 3. The number of ether oxygens (including phenoxy) is 3. The Kier molecular flexibility index (Phi) is 9.10. The molecule has 2 N–H and O–H groups in total. The number of hydrogen-bond donors (Lipinski definition) is 2. The maximum atomic E-state index is 13.3. The van der Waals surface area contributed by atoms with E-state index in [0.29, 0.717) is 54.3 Å². The maximum Gasteiger partial charge on any atom is 0.289 e. The second kappa shape index (κ2) is 12.7. The Balaban J connectivity index is 1.32. The molecule has 2 aromatic carbocycles. The molecule has 4 rings (SSSR count). The van der Waals surface area contributed by atoms with Gasteiger partial charge in [0.15, 0.2) is 11.5 Å². The number of rotatable bonds is 8. The van der Waals surface area contributed by atoms with Crippen molar-refractivity contribution < 1.29 is 28.6 Å². The number of benzene rings is 2. The molecule has 0 bridgehead atoms. The Bertz CT molecular complexity index is 1370. The summed E-state index contributed by atoms with van der Waals surface area (Å²) in [5.41, 5.74) is 6.90. The van der Waals surface area contributed by atoms with Gasteiger partial charge in [0.25, 0.3) is 17.7 Å². The lowest BCUT2D eigenvalue weighted by Crippen LogP contribution is -2.41. The van der Waals surface area contributed by atoms with Gasteiger partial charge in [-0.1, -0.05) is 0 Å². The quantitative estimate of drug-likeness (QED) is 0.398. The summed E-state index contributed by atoms with van der Waals surface area (Å²) in [6.07, 6.45) is 1.41. The first-order valence-electron chi connectivity index (χ1n) is 12.7. The van der Waals surface area contributed by atoms with Crippen LogP contribution in [0.4, 0.5) is 5.69 Å². The predicted molar refractivity (Wildman–Crippen MR) is 152 cm³/mol. The Labute approximate surface area is 237 Å². The topological polar surface area (TPSA) is 122 Å². The molecule has 0 spiro atoms. The molecule has 12 heteroatoms. The fourth-order valence-electron chi connectivity index (χ4n) is 4.51. The van der Waals surface area contributed by atoms with E-state index >= 15 is 0 Å². The molecule has 2 heterocycles. The van der Waals surface area contributed by atoms with Crippen LogP contribution in [-0.4, -0.2) is 76.1 Å². The fraction of sp³-hybridized carbons (Fsp3) is 0.357. The van der Waals surface area contributed by atoms with Gasteiger partial charge in [-0.3, -0.25) is 25.2 Å². The van der Waals surface area contributed by atoms with Crippen LogP contribution in [0, 0.1) is 0 Å². The number of likely N-dealkylation sites (tertiary alicyclic amines) is 1. The van der Waals surface area contributed by atoms with Crippen LogP contribution < -0.4 is 30.0 Å². The van der Waals surface area contributed by atoms with Crippen LogP contribution >= 0.6 is 11.3 Å². The summed E-state index contributed by atoms with van der Waals surface area (Å²) in [6, 6.07) is 10.4. The van der Waals surface area contributed by atoms with E-state index in [4.69, 9.17) is 14.2 Å². The first-order chi connectivity index (χ1) is 19.3. The number of amides is 3. The molecule has 0 aliphatic carbocycles. The first-order valence-corrected chi connectivity index (χ1v) is 13.6. The van der Waals surface area contributed by atoms with Crippen LogP contribution in [0.2, 0.25) is 0 Å². The number of carbonyl (C=O) groups excluding carboxylic acids is 3. The summed E-state index contributed by atoms with van der Waals surface area (Å²) < 4.78 is 16.2. The van der Waals surface area contributed by atoms with Crippen molar-refractivity contribution in [3.63, 3.8) is 0 Å². The van der Waals surface area contributed by atoms with Gasteiger partial charge in [-0.2, -0.15) is 0 Å². The van der Waals surface area contributed by atoms with Gasteiger partial charge < -0.3 is 24.0 Å². The number of anilines is 1. The number of piperidine rings is 1. The number of carbonyl (C=O) groups is 3. The molecular formula is C28H33N5O6S. The molecule has 1 saturated heterocycles. The molecule has 3 amide bonds. The lowest BCUT2D eigenvalue weighted by molar-refractivity contribution is 0.0708. The van der Waals surface area contributed by atoms with E-state index in [2.05, 4.69) is 15.8 Å². The van der Waals surface area contributed by atoms with E-state index in [9.17, 15) is 14.4 Å². The average Bonchev–Trinajstić information content (AvgIpc) is 3.49. The largest absolute Gasteiger partial charge is 0.493 e. The van der Waals surface area contributed by atoms with Crippen molar-refractivity contribution in [3.8, 4) is 17.2 Å². The van der Waals surface area contributed by atoms with Gasteiger partial charge in [-0.15, -0.1) is 11.3 Å². The van der Waals surface area contributed by atoms with Crippen molar-refractivity contribution >= 4 is 34.7 Å². The Morgan fingerprint density at radius 1 is 0.900 bits per heavy atom. The van der Waals surface area contributed by atoms with Crippen molar-refractivity contribution in [1.29, 1.82) is 0 Å². The summed E-state index contributed by atoms with van der Waals surface area (Å²) in [5, 5.41) is 2.50. The zero-order valence-corrected chi connectivity index (χ0v) is 24.0. The van der Waals surface area contributed by atoms with Gasteiger partial charge >= 0.3 is 0 Å². The number of thiazole rings is 1. The van der Waals surface area contributed by atoms with E-state index in [1.165, 1.54) is 32.7 Å². The normalized spacial score (nSPS) is 13.4. The van der Waals surface area contributed by atoms with E-state index in [1.54, 1.807) is 34.5 Å². The Hall–Kier alpha value is -4.32. The average molecular weight is 568 g/mol. The molecular weight excluding hydrogens is 534 g/mol. The highest BCUT2D eigenvalue weighted by atomic mass is 32.1. The third-order valence-electron chi connectivity index (χ3n) is 6.76. The van der Waals surface area contributed by atoms with Crippen LogP contribution in [0.5, 0.6) is 17.2 Å². The van der Waals surface area contributed by atoms with Crippen molar-refractivity contribution in [3.05, 3.63) is 63.6 Å². The van der Waals surface area contributed by atoms with Gasteiger partial charge in [0.2, 0.25) is 5.75 Å². The summed E-state index contributed by atoms with van der Waals surface area (Å²) in [6.45, 7) is 1.07. The van der Waals surface area contributed by atoms with Gasteiger partial charge in [0.1, 0.15) is 5.69 Å². The van der Waals surface area contributed by atoms with Crippen LogP contribution in [0.3, 0.4) is 0 Å². The third kappa shape index (κ3) is 6.12. The van der Waals surface area contributed by atoms with Gasteiger partial charge in [0.05, 0.1) is 31.9 Å². The first kappa shape index (κ1) is 28.7. The highest BCUT2D eigenvalue weighted by Crippen LogP contribution is 2.40. The summed E-state index contributed by atoms with van der Waals surface area (Å²) in [4.78, 5) is 46.5. The summed E-state index contributed by atoms with van der Waals surface area (Å²) in [7, 11) is 8.35. The number of nitrogens with zero attached hydrogens (tertiary/aromatic N) is 3. The minimum absolute atomic E-state index is 0.118. The standard InChI is InChI=1S/C28H33N5O6S/c1-32(2)19-8-6-17(7-9-19)25(34)30-31-26(35)21-16-40-27(29-21)18-12-14-33(15-13-18)28(36)20-10-11-22(37-3)24(39-5)23(20)38-4/h6-11,16,18H,12-15H2,1-5H3,(H,30,34)(H,31,35). The van der Waals surface area contributed by atoms with Crippen molar-refractivity contribution in [2.75, 3.05) is 53.4 Å². The minimum Gasteiger partial charge on any atom is -0.493 e. The van der Waals surface area contributed by atoms with Crippen LogP contribution in [0.15, 0.2) is 41.8 Å². The molecule has 1 aliphatic rings. The molecule has 40 heavy (non-hydrogen) atoms. The molecule has 1 aromatic heterocycles. The monoisotopic (exact) mass is 567 g/mol. The molecule has 11 nitrogen and oxygen atoms in total. The highest BCUT2D eigenvalue weighted by molar-refractivity contribution is 7.09. The second-order valence-electron chi connectivity index (χ2n) is 9.37. The highest BCUT2D eigenvalue weighted by Gasteiger charge is 2.30. The van der Waals surface area contributed by atoms with Crippen molar-refractivity contribution in [2.24, 2.45) is 0 Å². The van der Waals surface area contributed by atoms with Gasteiger partial charge in [0, 0.05) is 49.7 Å². The fourth-order valence-corrected chi connectivity index (χ4v) is 5.48. The number of nitrogens with one attached hydrogen (secondary N) is 2. The Morgan fingerprint density at radius 2 is 1.55 bits per heavy atom. The van der Waals surface area contributed by atoms with E-state index in [0.717, 1.165) is 10.7 Å². The van der Waals surface area contributed by atoms with Crippen molar-refractivity contribution in [1.82, 2.24) is 20.7 Å². The molecule has 0 unspecified atom stereocenters. The van der Waals surface area contributed by atoms with Gasteiger partial charge in [-0.05, 0) is 49.2 Å². The molecule has 212 valence electrons. The van der Waals surface area contributed by atoms with Crippen LogP contribution in [0.1, 0.15) is 55.0 Å². The van der Waals surface area contributed by atoms with Crippen LogP contribution in [0.25, 0.3) is 0 Å². The summed E-state index contributed by atoms with van der Waals surface area (Å²) >= 11 is 1.40. The SMILES string of the molecule is COc1ccc(C(=O)N2CCC(c3nc(C(=O)NNC(=O)c4ccc(N(C)C)cc4)cs3)CC2)c(OC)c1OC. The molecule has 1 aliphatic heterocycles. The number of hydrazine groups is 1. The Morgan fingerprint density at radius 3 is 2.15 bits per heavy atom. The molecule has 0 atom stereocenters. The second-order valence-corrected chi connectivity index (χ2v) is 10.3. The lowest BCUT2D eigenvalue weighted by atomic mass is 9.97. The molecule has 0 radical (unpaired) electrons. The van der Waals surface area contributed by atoms with E-state index in [-0.39, 0.29) is 17.5 Å². The van der Waals surface area contributed by atoms with Gasteiger partial charge in [-0.25, -0.2) is 4.98 Å². The third-order valence-corrected chi connectivity index (χ3v) is 7.76. The molecule has 1 fully saturated rings. The predicted octanol–water partition coefficient (Wildman–Crippen LogP) is 3.33. The lowest BCUT2D eigenvalue weighted by Gasteiger charge is -2.31. The van der Waals surface area contributed by atoms with E-state index < -0.39 is 11.8 Å². The van der Waals surface area contributed by atoms with Crippen LogP contribution in [-0.2, 0) is 0 Å². The smallest absolute Gasteiger partial charge is 0.289 e. The molecule has 3 aromatic rings. The minimum atomic E-state index is -0.492. The maximum absolute atomic E-state index is 13.3. The number of hydrogen-bond acceptors (Lipinski definition) is 9. The number of aromatic nitrogens is 1.